The van der Waals surface area contributed by atoms with E-state index < -0.39 is 15.8 Å². The van der Waals surface area contributed by atoms with Crippen molar-refractivity contribution in [1.29, 1.82) is 0 Å². The van der Waals surface area contributed by atoms with E-state index in [4.69, 9.17) is 4.18 Å². The predicted molar refractivity (Wildman–Crippen MR) is 116 cm³/mol. The molecule has 0 bridgehead atoms. The summed E-state index contributed by atoms with van der Waals surface area (Å²) >= 11 is 0. The summed E-state index contributed by atoms with van der Waals surface area (Å²) in [5.41, 5.74) is 2.28. The van der Waals surface area contributed by atoms with Gasteiger partial charge in [0.05, 0.1) is 5.52 Å². The van der Waals surface area contributed by atoms with Crippen molar-refractivity contribution in [2.24, 2.45) is 0 Å². The lowest BCUT2D eigenvalue weighted by molar-refractivity contribution is 0.486. The summed E-state index contributed by atoms with van der Waals surface area (Å²) in [7, 11) is -3.95. The zero-order valence-corrected chi connectivity index (χ0v) is 17.1. The number of fused-ring (bicyclic) bond motifs is 3. The van der Waals surface area contributed by atoms with Crippen molar-refractivity contribution >= 4 is 26.7 Å². The van der Waals surface area contributed by atoms with E-state index in [-0.39, 0.29) is 10.6 Å². The minimum atomic E-state index is -3.95. The Bertz CT molecular complexity index is 1590. The van der Waals surface area contributed by atoms with Crippen LogP contribution in [0.1, 0.15) is 5.56 Å². The summed E-state index contributed by atoms with van der Waals surface area (Å²) in [6, 6.07) is 20.2. The predicted octanol–water partition coefficient (Wildman–Crippen LogP) is 3.31. The maximum absolute atomic E-state index is 12.5. The molecule has 0 aliphatic rings. The van der Waals surface area contributed by atoms with E-state index >= 15 is 0 Å². The molecule has 3 aromatic carbocycles. The van der Waals surface area contributed by atoms with Crippen LogP contribution < -0.4 is 9.87 Å². The van der Waals surface area contributed by atoms with Gasteiger partial charge in [0.1, 0.15) is 10.6 Å². The molecule has 8 nitrogen and oxygen atoms in total. The van der Waals surface area contributed by atoms with E-state index in [1.165, 1.54) is 16.6 Å². The highest BCUT2D eigenvalue weighted by molar-refractivity contribution is 7.87. The maximum Gasteiger partial charge on any atom is 0.362 e. The van der Waals surface area contributed by atoms with Gasteiger partial charge in [0.2, 0.25) is 0 Å². The van der Waals surface area contributed by atoms with Crippen molar-refractivity contribution in [2.75, 3.05) is 0 Å². The Hall–Kier alpha value is -3.98. The summed E-state index contributed by atoms with van der Waals surface area (Å²) in [5.74, 6) is 0.636. The number of hydrogen-bond donors (Lipinski definition) is 1. The molecule has 0 aliphatic heterocycles. The van der Waals surface area contributed by atoms with Gasteiger partial charge in [-0.2, -0.15) is 13.4 Å². The molecule has 0 saturated carbocycles. The SMILES string of the molecule is Cc1ccc(S(=O)(=O)Oc2ccc(-c3nc4ccccc4c4nc(=O)[nH]n34)cc2)cc1. The normalized spacial score (nSPS) is 11.8. The molecule has 0 fully saturated rings. The van der Waals surface area contributed by atoms with E-state index in [2.05, 4.69) is 15.1 Å². The second-order valence-electron chi connectivity index (χ2n) is 7.02. The number of benzene rings is 3. The molecule has 0 amide bonds. The van der Waals surface area contributed by atoms with Crippen molar-refractivity contribution in [3.05, 3.63) is 88.8 Å². The zero-order chi connectivity index (χ0) is 21.6. The number of nitrogens with one attached hydrogen (secondary N) is 1. The first-order valence-electron chi connectivity index (χ1n) is 9.40. The highest BCUT2D eigenvalue weighted by Crippen LogP contribution is 2.26. The molecule has 154 valence electrons. The number of H-pyrrole nitrogens is 1. The molecule has 5 aromatic rings. The molecule has 0 radical (unpaired) electrons. The molecule has 5 rings (SSSR count). The van der Waals surface area contributed by atoms with Crippen LogP contribution in [0.2, 0.25) is 0 Å². The molecule has 0 atom stereocenters. The fourth-order valence-corrected chi connectivity index (χ4v) is 4.24. The lowest BCUT2D eigenvalue weighted by atomic mass is 10.2. The Kier molecular flexibility index (Phi) is 4.33. The molecule has 2 aromatic heterocycles. The van der Waals surface area contributed by atoms with E-state index in [1.807, 2.05) is 31.2 Å². The molecule has 0 spiro atoms. The number of para-hydroxylation sites is 1. The number of aromatic amines is 1. The van der Waals surface area contributed by atoms with Crippen LogP contribution in [-0.4, -0.2) is 28.0 Å². The highest BCUT2D eigenvalue weighted by atomic mass is 32.2. The minimum absolute atomic E-state index is 0.0797. The topological polar surface area (TPSA) is 106 Å². The van der Waals surface area contributed by atoms with Gasteiger partial charge in [-0.3, -0.25) is 0 Å². The van der Waals surface area contributed by atoms with Crippen LogP contribution in [0.15, 0.2) is 82.5 Å². The fraction of sp³-hybridized carbons (Fsp3) is 0.0455. The molecule has 0 saturated heterocycles. The summed E-state index contributed by atoms with van der Waals surface area (Å²) in [4.78, 5) is 20.6. The summed E-state index contributed by atoms with van der Waals surface area (Å²) in [5, 5.41) is 3.40. The average molecular weight is 432 g/mol. The Balaban J connectivity index is 1.53. The van der Waals surface area contributed by atoms with Gasteiger partial charge in [0.15, 0.2) is 11.5 Å². The Morgan fingerprint density at radius 1 is 0.903 bits per heavy atom. The second-order valence-corrected chi connectivity index (χ2v) is 8.56. The Labute approximate surface area is 176 Å². The first kappa shape index (κ1) is 19.0. The number of nitrogens with zero attached hydrogens (tertiary/aromatic N) is 3. The fourth-order valence-electron chi connectivity index (χ4n) is 3.31. The molecule has 2 heterocycles. The summed E-state index contributed by atoms with van der Waals surface area (Å²) < 4.78 is 31.8. The number of aromatic nitrogens is 4. The molecule has 9 heteroatoms. The van der Waals surface area contributed by atoms with E-state index in [0.29, 0.717) is 22.6 Å². The van der Waals surface area contributed by atoms with Gasteiger partial charge in [0.25, 0.3) is 0 Å². The van der Waals surface area contributed by atoms with Crippen LogP contribution in [0.4, 0.5) is 0 Å². The molecule has 31 heavy (non-hydrogen) atoms. The van der Waals surface area contributed by atoms with E-state index in [1.54, 1.807) is 36.4 Å². The third-order valence-electron chi connectivity index (χ3n) is 4.84. The van der Waals surface area contributed by atoms with E-state index in [9.17, 15) is 13.2 Å². The van der Waals surface area contributed by atoms with Gasteiger partial charge < -0.3 is 4.18 Å². The lowest BCUT2D eigenvalue weighted by Crippen LogP contribution is -2.09. The van der Waals surface area contributed by atoms with Gasteiger partial charge in [-0.05, 0) is 55.5 Å². The van der Waals surface area contributed by atoms with Crippen LogP contribution in [0.5, 0.6) is 5.75 Å². The van der Waals surface area contributed by atoms with Crippen molar-refractivity contribution in [1.82, 2.24) is 19.6 Å². The number of hydrogen-bond acceptors (Lipinski definition) is 6. The average Bonchev–Trinajstić information content (AvgIpc) is 3.15. The largest absolute Gasteiger partial charge is 0.379 e. The summed E-state index contributed by atoms with van der Waals surface area (Å²) in [6.07, 6.45) is 0. The zero-order valence-electron chi connectivity index (χ0n) is 16.3. The second kappa shape index (κ2) is 7.06. The standard InChI is InChI=1S/C22H16N4O4S/c1-14-6-12-17(13-7-14)31(28,29)30-16-10-8-15(9-11-16)20-23-19-5-3-2-4-18(19)21-24-22(27)25-26(20)21/h2-13H,1H3,(H,25,27). The Morgan fingerprint density at radius 3 is 2.35 bits per heavy atom. The van der Waals surface area contributed by atoms with Gasteiger partial charge in [-0.15, -0.1) is 0 Å². The highest BCUT2D eigenvalue weighted by Gasteiger charge is 2.17. The van der Waals surface area contributed by atoms with Crippen LogP contribution in [0, 0.1) is 6.92 Å². The molecular formula is C22H16N4O4S. The van der Waals surface area contributed by atoms with Crippen LogP contribution in [0.3, 0.4) is 0 Å². The van der Waals surface area contributed by atoms with Crippen molar-refractivity contribution < 1.29 is 12.6 Å². The number of aryl methyl sites for hydroxylation is 1. The van der Waals surface area contributed by atoms with Crippen molar-refractivity contribution in [3.63, 3.8) is 0 Å². The monoisotopic (exact) mass is 432 g/mol. The minimum Gasteiger partial charge on any atom is -0.379 e. The molecular weight excluding hydrogens is 416 g/mol. The van der Waals surface area contributed by atoms with Crippen molar-refractivity contribution in [3.8, 4) is 17.1 Å². The van der Waals surface area contributed by atoms with Gasteiger partial charge in [0, 0.05) is 10.9 Å². The molecule has 1 N–H and O–H groups in total. The third kappa shape index (κ3) is 3.44. The van der Waals surface area contributed by atoms with Crippen LogP contribution in [0.25, 0.3) is 27.9 Å². The van der Waals surface area contributed by atoms with Gasteiger partial charge in [-0.1, -0.05) is 29.8 Å². The van der Waals surface area contributed by atoms with Crippen molar-refractivity contribution in [2.45, 2.75) is 11.8 Å². The molecule has 0 unspecified atom stereocenters. The quantitative estimate of drug-likeness (QED) is 0.437. The first-order chi connectivity index (χ1) is 14.9. The Morgan fingerprint density at radius 2 is 1.61 bits per heavy atom. The number of rotatable bonds is 4. The van der Waals surface area contributed by atoms with Crippen LogP contribution >= 0.6 is 0 Å². The molecule has 0 aliphatic carbocycles. The maximum atomic E-state index is 12.5. The summed E-state index contributed by atoms with van der Waals surface area (Å²) in [6.45, 7) is 1.88. The third-order valence-corrected chi connectivity index (χ3v) is 6.10. The van der Waals surface area contributed by atoms with Gasteiger partial charge in [-0.25, -0.2) is 19.4 Å². The van der Waals surface area contributed by atoms with E-state index in [0.717, 1.165) is 10.9 Å². The van der Waals surface area contributed by atoms with Gasteiger partial charge >= 0.3 is 15.8 Å². The first-order valence-corrected chi connectivity index (χ1v) is 10.8. The van der Waals surface area contributed by atoms with Crippen LogP contribution in [-0.2, 0) is 10.1 Å². The lowest BCUT2D eigenvalue weighted by Gasteiger charge is -2.09. The smallest absolute Gasteiger partial charge is 0.362 e.